The van der Waals surface area contributed by atoms with Gasteiger partial charge in [0.05, 0.1) is 6.61 Å². The van der Waals surface area contributed by atoms with E-state index in [2.05, 4.69) is 9.88 Å². The molecule has 0 amide bonds. The largest absolute Gasteiger partial charge is 0.395 e. The van der Waals surface area contributed by atoms with E-state index in [4.69, 9.17) is 0 Å². The van der Waals surface area contributed by atoms with Gasteiger partial charge >= 0.3 is 0 Å². The van der Waals surface area contributed by atoms with Crippen molar-refractivity contribution in [2.24, 2.45) is 0 Å². The van der Waals surface area contributed by atoms with Gasteiger partial charge in [0.1, 0.15) is 4.90 Å². The molecule has 2 heterocycles. The van der Waals surface area contributed by atoms with Gasteiger partial charge in [-0.1, -0.05) is 0 Å². The number of piperidine rings is 1. The molecule has 0 radical (unpaired) electrons. The number of aliphatic hydroxyl groups excluding tert-OH is 1. The van der Waals surface area contributed by atoms with Crippen molar-refractivity contribution < 1.29 is 13.5 Å². The minimum atomic E-state index is -3.90. The SMILES string of the molecule is CN1CCC(N(CCO)S(=O)(=O)c2c[nH]ccc2=O)CC1. The molecule has 0 spiro atoms. The smallest absolute Gasteiger partial charge is 0.248 e. The molecule has 0 atom stereocenters. The number of rotatable bonds is 5. The van der Waals surface area contributed by atoms with E-state index in [0.29, 0.717) is 12.8 Å². The highest BCUT2D eigenvalue weighted by Crippen LogP contribution is 2.21. The van der Waals surface area contributed by atoms with Gasteiger partial charge in [-0.15, -0.1) is 0 Å². The maximum Gasteiger partial charge on any atom is 0.248 e. The van der Waals surface area contributed by atoms with E-state index in [9.17, 15) is 18.3 Å². The van der Waals surface area contributed by atoms with Crippen molar-refractivity contribution in [3.63, 3.8) is 0 Å². The number of sulfonamides is 1. The Morgan fingerprint density at radius 2 is 2.10 bits per heavy atom. The lowest BCUT2D eigenvalue weighted by molar-refractivity contribution is 0.161. The molecule has 0 aromatic carbocycles. The average Bonchev–Trinajstić information content (AvgIpc) is 2.46. The van der Waals surface area contributed by atoms with E-state index < -0.39 is 15.5 Å². The summed E-state index contributed by atoms with van der Waals surface area (Å²) in [7, 11) is -1.91. The monoisotopic (exact) mass is 315 g/mol. The Labute approximate surface area is 124 Å². The van der Waals surface area contributed by atoms with E-state index in [-0.39, 0.29) is 24.1 Å². The van der Waals surface area contributed by atoms with Crippen LogP contribution in [0.15, 0.2) is 28.2 Å². The number of pyridine rings is 1. The fourth-order valence-electron chi connectivity index (χ4n) is 2.61. The molecule has 1 aromatic rings. The first-order valence-electron chi connectivity index (χ1n) is 6.95. The second-order valence-corrected chi connectivity index (χ2v) is 7.11. The third-order valence-electron chi connectivity index (χ3n) is 3.79. The highest BCUT2D eigenvalue weighted by Gasteiger charge is 2.34. The van der Waals surface area contributed by atoms with Gasteiger partial charge in [0.15, 0.2) is 0 Å². The molecule has 0 bridgehead atoms. The van der Waals surface area contributed by atoms with Crippen molar-refractivity contribution in [2.75, 3.05) is 33.3 Å². The lowest BCUT2D eigenvalue weighted by Crippen LogP contribution is -2.48. The Hall–Kier alpha value is -1.22. The van der Waals surface area contributed by atoms with Gasteiger partial charge in [-0.05, 0) is 33.0 Å². The van der Waals surface area contributed by atoms with Crippen LogP contribution in [-0.2, 0) is 10.0 Å². The Kier molecular flexibility index (Phi) is 5.15. The maximum atomic E-state index is 12.7. The number of aromatic nitrogens is 1. The number of hydrogen-bond donors (Lipinski definition) is 2. The number of nitrogens with zero attached hydrogens (tertiary/aromatic N) is 2. The minimum Gasteiger partial charge on any atom is -0.395 e. The van der Waals surface area contributed by atoms with Crippen molar-refractivity contribution >= 4 is 10.0 Å². The average molecular weight is 315 g/mol. The molecule has 0 aliphatic carbocycles. The first-order chi connectivity index (χ1) is 9.96. The molecule has 0 unspecified atom stereocenters. The molecule has 21 heavy (non-hydrogen) atoms. The first-order valence-corrected chi connectivity index (χ1v) is 8.39. The van der Waals surface area contributed by atoms with Crippen molar-refractivity contribution in [3.05, 3.63) is 28.7 Å². The first kappa shape index (κ1) is 16.2. The standard InChI is InChI=1S/C13H21N3O4S/c1-15-6-3-11(4-7-15)16(8-9-17)21(19,20)13-10-14-5-2-12(13)18/h2,5,10-11,17H,3-4,6-9H2,1H3,(H,14,18). The summed E-state index contributed by atoms with van der Waals surface area (Å²) in [5.41, 5.74) is -0.537. The van der Waals surface area contributed by atoms with E-state index in [1.807, 2.05) is 7.05 Å². The summed E-state index contributed by atoms with van der Waals surface area (Å²) in [6.45, 7) is 1.34. The summed E-state index contributed by atoms with van der Waals surface area (Å²) in [5, 5.41) is 9.20. The van der Waals surface area contributed by atoms with Crippen LogP contribution >= 0.6 is 0 Å². The molecular weight excluding hydrogens is 294 g/mol. The van der Waals surface area contributed by atoms with Crippen LogP contribution in [0.5, 0.6) is 0 Å². The van der Waals surface area contributed by atoms with Gasteiger partial charge in [-0.25, -0.2) is 8.42 Å². The van der Waals surface area contributed by atoms with Crippen molar-refractivity contribution in [2.45, 2.75) is 23.8 Å². The van der Waals surface area contributed by atoms with E-state index >= 15 is 0 Å². The molecule has 118 valence electrons. The van der Waals surface area contributed by atoms with Gasteiger partial charge < -0.3 is 15.0 Å². The second kappa shape index (κ2) is 6.69. The van der Waals surface area contributed by atoms with E-state index in [1.165, 1.54) is 22.8 Å². The van der Waals surface area contributed by atoms with Crippen LogP contribution in [0.3, 0.4) is 0 Å². The second-order valence-electron chi connectivity index (χ2n) is 5.25. The molecule has 7 nitrogen and oxygen atoms in total. The number of aliphatic hydroxyl groups is 1. The number of nitrogens with one attached hydrogen (secondary N) is 1. The fourth-order valence-corrected chi connectivity index (χ4v) is 4.33. The zero-order valence-corrected chi connectivity index (χ0v) is 12.8. The molecule has 8 heteroatoms. The lowest BCUT2D eigenvalue weighted by atomic mass is 10.1. The highest BCUT2D eigenvalue weighted by atomic mass is 32.2. The van der Waals surface area contributed by atoms with Crippen LogP contribution in [0.25, 0.3) is 0 Å². The Morgan fingerprint density at radius 1 is 1.43 bits per heavy atom. The van der Waals surface area contributed by atoms with Crippen molar-refractivity contribution in [1.82, 2.24) is 14.2 Å². The third kappa shape index (κ3) is 3.52. The highest BCUT2D eigenvalue weighted by molar-refractivity contribution is 7.89. The van der Waals surface area contributed by atoms with Gasteiger partial charge in [-0.3, -0.25) is 4.79 Å². The summed E-state index contributed by atoms with van der Waals surface area (Å²) >= 11 is 0. The van der Waals surface area contributed by atoms with Gasteiger partial charge in [-0.2, -0.15) is 4.31 Å². The van der Waals surface area contributed by atoms with E-state index in [0.717, 1.165) is 13.1 Å². The Balaban J connectivity index is 2.33. The number of hydrogen-bond acceptors (Lipinski definition) is 5. The number of likely N-dealkylation sites (tertiary alicyclic amines) is 1. The molecular formula is C13H21N3O4S. The normalized spacial score (nSPS) is 18.2. The van der Waals surface area contributed by atoms with Crippen molar-refractivity contribution in [1.29, 1.82) is 0 Å². The van der Waals surface area contributed by atoms with Gasteiger partial charge in [0, 0.05) is 31.0 Å². The third-order valence-corrected chi connectivity index (χ3v) is 5.76. The molecule has 0 saturated carbocycles. The molecule has 2 rings (SSSR count). The van der Waals surface area contributed by atoms with Crippen LogP contribution in [-0.4, -0.2) is 67.0 Å². The van der Waals surface area contributed by atoms with Crippen LogP contribution in [0.4, 0.5) is 0 Å². The summed E-state index contributed by atoms with van der Waals surface area (Å²) in [5.74, 6) is 0. The topological polar surface area (TPSA) is 93.7 Å². The van der Waals surface area contributed by atoms with Crippen molar-refractivity contribution in [3.8, 4) is 0 Å². The fraction of sp³-hybridized carbons (Fsp3) is 0.615. The maximum absolute atomic E-state index is 12.7. The van der Waals surface area contributed by atoms with Crippen LogP contribution in [0.2, 0.25) is 0 Å². The summed E-state index contributed by atoms with van der Waals surface area (Å²) < 4.78 is 26.7. The van der Waals surface area contributed by atoms with Gasteiger partial charge in [0.25, 0.3) is 0 Å². The number of H-pyrrole nitrogens is 1. The Bertz CT molecular complexity index is 620. The molecule has 1 saturated heterocycles. The minimum absolute atomic E-state index is 0.00501. The zero-order chi connectivity index (χ0) is 15.5. The summed E-state index contributed by atoms with van der Waals surface area (Å²) in [4.78, 5) is 16.3. The molecule has 1 aliphatic heterocycles. The van der Waals surface area contributed by atoms with Crippen LogP contribution < -0.4 is 5.43 Å². The zero-order valence-electron chi connectivity index (χ0n) is 12.0. The molecule has 1 aliphatic rings. The van der Waals surface area contributed by atoms with Crippen LogP contribution in [0, 0.1) is 0 Å². The van der Waals surface area contributed by atoms with Crippen LogP contribution in [0.1, 0.15) is 12.8 Å². The molecule has 1 aromatic heterocycles. The predicted molar refractivity (Wildman–Crippen MR) is 78.6 cm³/mol. The number of aromatic amines is 1. The lowest BCUT2D eigenvalue weighted by Gasteiger charge is -2.36. The Morgan fingerprint density at radius 3 is 2.67 bits per heavy atom. The molecule has 2 N–H and O–H groups in total. The predicted octanol–water partition coefficient (Wildman–Crippen LogP) is -0.548. The summed E-state index contributed by atoms with van der Waals surface area (Å²) in [6, 6.07) is 1.01. The summed E-state index contributed by atoms with van der Waals surface area (Å²) in [6.07, 6.45) is 3.99. The quantitative estimate of drug-likeness (QED) is 0.760. The van der Waals surface area contributed by atoms with E-state index in [1.54, 1.807) is 0 Å². The van der Waals surface area contributed by atoms with Gasteiger partial charge in [0.2, 0.25) is 15.5 Å². The molecule has 1 fully saturated rings.